The van der Waals surface area contributed by atoms with Crippen molar-refractivity contribution in [2.45, 2.75) is 6.42 Å². The van der Waals surface area contributed by atoms with Gasteiger partial charge in [-0.2, -0.15) is 0 Å². The van der Waals surface area contributed by atoms with Crippen LogP contribution in [0.25, 0.3) is 22.0 Å². The Balaban J connectivity index is 1.63. The summed E-state index contributed by atoms with van der Waals surface area (Å²) in [4.78, 5) is 15.6. The summed E-state index contributed by atoms with van der Waals surface area (Å²) < 4.78 is 3.17. The number of halogens is 2. The summed E-state index contributed by atoms with van der Waals surface area (Å²) in [5.41, 5.74) is 6.05. The normalized spacial score (nSPS) is 13.0. The number of aromatic nitrogens is 3. The first-order valence-corrected chi connectivity index (χ1v) is 11.4. The molecule has 2 aromatic heterocycles. The molecule has 0 atom stereocenters. The summed E-state index contributed by atoms with van der Waals surface area (Å²) in [6, 6.07) is 14.2. The summed E-state index contributed by atoms with van der Waals surface area (Å²) in [6.45, 7) is 0.857. The predicted octanol–water partition coefficient (Wildman–Crippen LogP) is 6.38. The summed E-state index contributed by atoms with van der Waals surface area (Å²) >= 11 is 14.0. The van der Waals surface area contributed by atoms with Crippen molar-refractivity contribution in [2.24, 2.45) is 0 Å². The van der Waals surface area contributed by atoms with Gasteiger partial charge in [-0.05, 0) is 47.9 Å². The first-order valence-electron chi connectivity index (χ1n) is 9.39. The first kappa shape index (κ1) is 19.4. The van der Waals surface area contributed by atoms with E-state index in [1.807, 2.05) is 36.6 Å². The van der Waals surface area contributed by atoms with E-state index in [0.29, 0.717) is 5.15 Å². The van der Waals surface area contributed by atoms with Crippen molar-refractivity contribution in [2.75, 3.05) is 22.4 Å². The lowest BCUT2D eigenvalue weighted by molar-refractivity contribution is 0.975. The molecule has 0 aliphatic carbocycles. The quantitative estimate of drug-likeness (QED) is 0.285. The molecule has 0 saturated carbocycles. The van der Waals surface area contributed by atoms with Gasteiger partial charge in [-0.3, -0.25) is 0 Å². The number of anilines is 3. The van der Waals surface area contributed by atoms with E-state index in [-0.39, 0.29) is 0 Å². The molecule has 5 rings (SSSR count). The Bertz CT molecular complexity index is 1260. The largest absolute Gasteiger partial charge is 0.327 e. The van der Waals surface area contributed by atoms with Gasteiger partial charge in [0.2, 0.25) is 0 Å². The molecule has 8 heteroatoms. The van der Waals surface area contributed by atoms with Crippen molar-refractivity contribution < 1.29 is 0 Å². The maximum Gasteiger partial charge on any atom is 0.152 e. The minimum atomic E-state index is 0.448. The molecule has 5 nitrogen and oxygen atoms in total. The third-order valence-electron chi connectivity index (χ3n) is 5.20. The maximum absolute atomic E-state index is 6.27. The second-order valence-electron chi connectivity index (χ2n) is 6.97. The van der Waals surface area contributed by atoms with Crippen LogP contribution in [0.2, 0.25) is 10.2 Å². The zero-order valence-electron chi connectivity index (χ0n) is 16.1. The van der Waals surface area contributed by atoms with E-state index in [0.717, 1.165) is 57.2 Å². The van der Waals surface area contributed by atoms with Crippen LogP contribution < -0.4 is 9.62 Å². The number of fused-ring (bicyclic) bond motifs is 2. The highest BCUT2D eigenvalue weighted by molar-refractivity contribution is 7.99. The van der Waals surface area contributed by atoms with Crippen molar-refractivity contribution >= 4 is 63.2 Å². The molecule has 1 aliphatic rings. The fourth-order valence-corrected chi connectivity index (χ4v) is 4.55. The number of nitrogens with one attached hydrogen (secondary N) is 1. The van der Waals surface area contributed by atoms with Crippen LogP contribution in [0.5, 0.6) is 0 Å². The number of hydrogen-bond donors (Lipinski definition) is 1. The topological polar surface area (TPSA) is 53.9 Å². The number of pyridine rings is 1. The van der Waals surface area contributed by atoms with Crippen molar-refractivity contribution in [3.05, 3.63) is 70.7 Å². The number of benzene rings is 2. The highest BCUT2D eigenvalue weighted by Crippen LogP contribution is 2.39. The molecule has 0 fully saturated rings. The Morgan fingerprint density at radius 3 is 2.77 bits per heavy atom. The lowest BCUT2D eigenvalue weighted by Crippen LogP contribution is -2.15. The van der Waals surface area contributed by atoms with E-state index in [9.17, 15) is 0 Å². The van der Waals surface area contributed by atoms with Crippen molar-refractivity contribution in [3.63, 3.8) is 0 Å². The van der Waals surface area contributed by atoms with Crippen LogP contribution >= 0.6 is 35.1 Å². The van der Waals surface area contributed by atoms with Gasteiger partial charge in [-0.15, -0.1) is 0 Å². The van der Waals surface area contributed by atoms with Gasteiger partial charge in [-0.25, -0.2) is 15.0 Å². The van der Waals surface area contributed by atoms with Crippen molar-refractivity contribution in [1.29, 1.82) is 0 Å². The van der Waals surface area contributed by atoms with E-state index in [2.05, 4.69) is 36.7 Å². The molecule has 0 unspecified atom stereocenters. The molecule has 0 bridgehead atoms. The number of hydrogen-bond acceptors (Lipinski definition) is 6. The zero-order valence-corrected chi connectivity index (χ0v) is 18.4. The van der Waals surface area contributed by atoms with Crippen LogP contribution in [-0.4, -0.2) is 27.8 Å². The molecule has 0 saturated heterocycles. The van der Waals surface area contributed by atoms with Crippen molar-refractivity contribution in [3.8, 4) is 11.1 Å². The Labute approximate surface area is 188 Å². The van der Waals surface area contributed by atoms with Crippen LogP contribution in [0, 0.1) is 0 Å². The molecule has 3 heterocycles. The molecule has 1 N–H and O–H groups in total. The number of rotatable bonds is 4. The average molecular weight is 454 g/mol. The zero-order chi connectivity index (χ0) is 20.7. The molecule has 0 spiro atoms. The van der Waals surface area contributed by atoms with E-state index >= 15 is 0 Å². The van der Waals surface area contributed by atoms with Crippen molar-refractivity contribution in [1.82, 2.24) is 15.0 Å². The first-order chi connectivity index (χ1) is 14.6. The van der Waals surface area contributed by atoms with Gasteiger partial charge in [0.05, 0.1) is 11.2 Å². The fourth-order valence-electron chi connectivity index (χ4n) is 3.80. The summed E-state index contributed by atoms with van der Waals surface area (Å²) in [7, 11) is 0. The standard InChI is InChI=1S/C22H17Cl2N5S/c1-30-28-19-9-15(11-25-21(19)24)14-3-5-18-17(8-14)22(27-12-26-18)29-7-6-13-2-4-16(23)10-20(13)29/h2-5,8-12,28H,6-7H2,1H3. The third-order valence-corrected chi connectivity index (χ3v) is 6.16. The second kappa shape index (κ2) is 7.95. The molecule has 0 radical (unpaired) electrons. The van der Waals surface area contributed by atoms with Crippen LogP contribution in [0.3, 0.4) is 0 Å². The highest BCUT2D eigenvalue weighted by Gasteiger charge is 2.23. The molecular weight excluding hydrogens is 437 g/mol. The minimum absolute atomic E-state index is 0.448. The van der Waals surface area contributed by atoms with Crippen LogP contribution in [-0.2, 0) is 6.42 Å². The Morgan fingerprint density at radius 1 is 1.00 bits per heavy atom. The molecule has 30 heavy (non-hydrogen) atoms. The van der Waals surface area contributed by atoms with Gasteiger partial charge in [0.1, 0.15) is 12.1 Å². The Kier molecular flexibility index (Phi) is 5.15. The predicted molar refractivity (Wildman–Crippen MR) is 127 cm³/mol. The molecule has 4 aromatic rings. The molecule has 150 valence electrons. The molecule has 2 aromatic carbocycles. The van der Waals surface area contributed by atoms with Crippen LogP contribution in [0.4, 0.5) is 17.2 Å². The maximum atomic E-state index is 6.27. The Hall–Kier alpha value is -2.54. The van der Waals surface area contributed by atoms with E-state index < -0.39 is 0 Å². The molecular formula is C22H17Cl2N5S. The van der Waals surface area contributed by atoms with Gasteiger partial charge in [0.15, 0.2) is 5.15 Å². The van der Waals surface area contributed by atoms with E-state index in [1.54, 1.807) is 12.5 Å². The van der Waals surface area contributed by atoms with Gasteiger partial charge in [0, 0.05) is 40.7 Å². The smallest absolute Gasteiger partial charge is 0.152 e. The van der Waals surface area contributed by atoms with Gasteiger partial charge >= 0.3 is 0 Å². The monoisotopic (exact) mass is 453 g/mol. The summed E-state index contributed by atoms with van der Waals surface area (Å²) in [6.07, 6.45) is 6.30. The third kappa shape index (κ3) is 3.45. The Morgan fingerprint density at radius 2 is 1.90 bits per heavy atom. The fraction of sp³-hybridized carbons (Fsp3) is 0.136. The van der Waals surface area contributed by atoms with Gasteiger partial charge < -0.3 is 9.62 Å². The highest BCUT2D eigenvalue weighted by atomic mass is 35.5. The van der Waals surface area contributed by atoms with Gasteiger partial charge in [0.25, 0.3) is 0 Å². The SMILES string of the molecule is CSNc1cc(-c2ccc3ncnc(N4CCc5ccc(Cl)cc54)c3c2)cnc1Cl. The van der Waals surface area contributed by atoms with Crippen LogP contribution in [0.1, 0.15) is 5.56 Å². The van der Waals surface area contributed by atoms with Gasteiger partial charge in [-0.1, -0.05) is 47.3 Å². The molecule has 1 aliphatic heterocycles. The molecule has 0 amide bonds. The summed E-state index contributed by atoms with van der Waals surface area (Å²) in [5.74, 6) is 0.882. The van der Waals surface area contributed by atoms with Crippen LogP contribution in [0.15, 0.2) is 55.0 Å². The number of nitrogens with zero attached hydrogens (tertiary/aromatic N) is 4. The lowest BCUT2D eigenvalue weighted by Gasteiger charge is -2.20. The minimum Gasteiger partial charge on any atom is -0.327 e. The average Bonchev–Trinajstić information content (AvgIpc) is 3.17. The van der Waals surface area contributed by atoms with E-state index in [4.69, 9.17) is 23.2 Å². The lowest BCUT2D eigenvalue weighted by atomic mass is 10.0. The second-order valence-corrected chi connectivity index (χ2v) is 8.38. The van der Waals surface area contributed by atoms with E-state index in [1.165, 1.54) is 17.5 Å². The summed E-state index contributed by atoms with van der Waals surface area (Å²) in [5, 5.41) is 2.15.